The molecule has 3 heterocycles. The highest BCUT2D eigenvalue weighted by atomic mass is 16.5. The smallest absolute Gasteiger partial charge is 0.339 e. The van der Waals surface area contributed by atoms with Crippen molar-refractivity contribution < 1.29 is 9.05 Å². The summed E-state index contributed by atoms with van der Waals surface area (Å²) in [5, 5.41) is 8.01. The number of nitrogens with one attached hydrogen (secondary N) is 1. The van der Waals surface area contributed by atoms with Crippen molar-refractivity contribution in [3.8, 4) is 22.5 Å². The van der Waals surface area contributed by atoms with Gasteiger partial charge in [-0.3, -0.25) is 18.9 Å². The molecule has 210 valence electrons. The zero-order valence-electron chi connectivity index (χ0n) is 23.2. The monoisotopic (exact) mass is 552 g/mol. The summed E-state index contributed by atoms with van der Waals surface area (Å²) >= 11 is 0. The fraction of sp³-hybridized carbons (Fsp3) is 0.355. The second-order valence-electron chi connectivity index (χ2n) is 10.6. The first kappa shape index (κ1) is 26.6. The largest absolute Gasteiger partial charge is 0.439 e. The highest BCUT2D eigenvalue weighted by Crippen LogP contribution is 2.34. The molecule has 10 heteroatoms. The van der Waals surface area contributed by atoms with E-state index in [0.717, 1.165) is 66.0 Å². The van der Waals surface area contributed by atoms with Gasteiger partial charge in [0, 0.05) is 29.2 Å². The number of nitrogens with zero attached hydrogens (tertiary/aromatic N) is 5. The van der Waals surface area contributed by atoms with Gasteiger partial charge in [0.1, 0.15) is 5.82 Å². The lowest BCUT2D eigenvalue weighted by Crippen LogP contribution is -2.30. The minimum atomic E-state index is -0.599. The molecule has 1 aliphatic rings. The van der Waals surface area contributed by atoms with Gasteiger partial charge in [-0.2, -0.15) is 4.98 Å². The van der Waals surface area contributed by atoms with Gasteiger partial charge in [-0.05, 0) is 42.9 Å². The van der Waals surface area contributed by atoms with Crippen molar-refractivity contribution in [2.75, 3.05) is 0 Å². The van der Waals surface area contributed by atoms with Gasteiger partial charge in [0.05, 0.1) is 13.0 Å². The van der Waals surface area contributed by atoms with Crippen LogP contribution in [-0.2, 0) is 19.4 Å². The number of hydrogen-bond donors (Lipinski definition) is 1. The molecule has 0 bridgehead atoms. The number of H-pyrrole nitrogens is 1. The van der Waals surface area contributed by atoms with Crippen LogP contribution in [0.4, 0.5) is 0 Å². The molecular weight excluding hydrogens is 520 g/mol. The molecule has 10 nitrogen and oxygen atoms in total. The number of aromatic amines is 1. The molecule has 1 saturated carbocycles. The minimum Gasteiger partial charge on any atom is -0.339 e. The van der Waals surface area contributed by atoms with E-state index in [0.29, 0.717) is 35.4 Å². The third-order valence-electron chi connectivity index (χ3n) is 7.81. The second kappa shape index (κ2) is 11.5. The zero-order valence-corrected chi connectivity index (χ0v) is 23.2. The third-order valence-corrected chi connectivity index (χ3v) is 7.81. The quantitative estimate of drug-likeness (QED) is 0.250. The summed E-state index contributed by atoms with van der Waals surface area (Å²) in [4.78, 5) is 37.5. The van der Waals surface area contributed by atoms with Crippen LogP contribution in [0.2, 0.25) is 0 Å². The van der Waals surface area contributed by atoms with E-state index in [1.165, 1.54) is 6.42 Å². The van der Waals surface area contributed by atoms with Crippen molar-refractivity contribution in [1.29, 1.82) is 0 Å². The van der Waals surface area contributed by atoms with Crippen LogP contribution < -0.4 is 11.3 Å². The molecule has 1 aliphatic carbocycles. The van der Waals surface area contributed by atoms with E-state index in [1.54, 1.807) is 4.57 Å². The van der Waals surface area contributed by atoms with Gasteiger partial charge in [0.25, 0.3) is 5.56 Å². The first-order valence-corrected chi connectivity index (χ1v) is 14.2. The van der Waals surface area contributed by atoms with Gasteiger partial charge < -0.3 is 4.52 Å². The van der Waals surface area contributed by atoms with E-state index in [2.05, 4.69) is 27.2 Å². The topological polar surface area (TPSA) is 133 Å². The number of aromatic nitrogens is 6. The van der Waals surface area contributed by atoms with Crippen LogP contribution in [0.5, 0.6) is 0 Å². The Balaban J connectivity index is 1.30. The highest BCUT2D eigenvalue weighted by Gasteiger charge is 2.25. The van der Waals surface area contributed by atoms with E-state index in [9.17, 15) is 9.59 Å². The van der Waals surface area contributed by atoms with Gasteiger partial charge in [-0.15, -0.1) is 0 Å². The Hall–Kier alpha value is -4.60. The maximum Gasteiger partial charge on any atom is 0.439 e. The Morgan fingerprint density at radius 3 is 2.44 bits per heavy atom. The van der Waals surface area contributed by atoms with Gasteiger partial charge in [-0.25, -0.2) is 9.78 Å². The molecule has 0 unspecified atom stereocenters. The summed E-state index contributed by atoms with van der Waals surface area (Å²) in [6.45, 7) is 4.41. The van der Waals surface area contributed by atoms with Crippen molar-refractivity contribution in [3.05, 3.63) is 104 Å². The molecule has 3 aromatic heterocycles. The molecule has 0 amide bonds. The number of unbranched alkanes of at least 4 members (excludes halogenated alkanes) is 1. The molecule has 6 rings (SSSR count). The number of aryl methyl sites for hydroxylation is 2. The molecule has 0 saturated heterocycles. The van der Waals surface area contributed by atoms with Crippen LogP contribution in [0.15, 0.2) is 67.2 Å². The summed E-state index contributed by atoms with van der Waals surface area (Å²) in [6.07, 6.45) is 6.31. The lowest BCUT2D eigenvalue weighted by Gasteiger charge is -2.20. The number of rotatable bonds is 10. The summed E-state index contributed by atoms with van der Waals surface area (Å²) < 4.78 is 12.0. The van der Waals surface area contributed by atoms with E-state index in [4.69, 9.17) is 14.0 Å². The lowest BCUT2D eigenvalue weighted by atomic mass is 9.85. The van der Waals surface area contributed by atoms with E-state index < -0.39 is 5.76 Å². The number of hydrogen-bond acceptors (Lipinski definition) is 8. The molecule has 1 fully saturated rings. The molecule has 41 heavy (non-hydrogen) atoms. The fourth-order valence-corrected chi connectivity index (χ4v) is 5.23. The Bertz CT molecular complexity index is 1780. The molecular formula is C31H32N6O4. The Morgan fingerprint density at radius 2 is 1.76 bits per heavy atom. The Morgan fingerprint density at radius 1 is 0.976 bits per heavy atom. The Labute approximate surface area is 236 Å². The van der Waals surface area contributed by atoms with Crippen LogP contribution in [0, 0.1) is 6.92 Å². The molecule has 0 aliphatic heterocycles. The van der Waals surface area contributed by atoms with Crippen molar-refractivity contribution in [1.82, 2.24) is 29.8 Å². The van der Waals surface area contributed by atoms with Crippen LogP contribution >= 0.6 is 0 Å². The SMILES string of the molecule is CCCCc1nc(C)c(Cc2nc(C3CCC3)no2)c(=O)n1Cc1ccc(-c2ccccc2-c2noc(=O)[nH]2)cc1. The molecule has 2 aromatic carbocycles. The van der Waals surface area contributed by atoms with Crippen molar-refractivity contribution in [3.63, 3.8) is 0 Å². The fourth-order valence-electron chi connectivity index (χ4n) is 5.23. The van der Waals surface area contributed by atoms with Gasteiger partial charge in [0.2, 0.25) is 5.89 Å². The van der Waals surface area contributed by atoms with Crippen LogP contribution in [0.25, 0.3) is 22.5 Å². The summed E-state index contributed by atoms with van der Waals surface area (Å²) in [5.74, 6) is 2.13. The molecule has 0 spiro atoms. The van der Waals surface area contributed by atoms with Crippen molar-refractivity contribution in [2.24, 2.45) is 0 Å². The van der Waals surface area contributed by atoms with Crippen molar-refractivity contribution >= 4 is 0 Å². The third kappa shape index (κ3) is 5.54. The van der Waals surface area contributed by atoms with Crippen LogP contribution in [0.3, 0.4) is 0 Å². The molecule has 5 aromatic rings. The maximum absolute atomic E-state index is 13.9. The van der Waals surface area contributed by atoms with E-state index >= 15 is 0 Å². The standard InChI is InChI=1S/C31H32N6O4/c1-3-4-12-26-32-19(2)25(17-27-33-28(35-40-27)22-8-7-9-22)30(38)37(26)18-20-13-15-21(16-14-20)23-10-5-6-11-24(23)29-34-31(39)41-36-29/h5-6,10-11,13-16,22H,3-4,7-9,12,17-18H2,1-2H3,(H,34,36,39). The first-order chi connectivity index (χ1) is 20.0. The van der Waals surface area contributed by atoms with E-state index in [1.807, 2.05) is 55.5 Å². The zero-order chi connectivity index (χ0) is 28.3. The summed E-state index contributed by atoms with van der Waals surface area (Å²) in [6, 6.07) is 15.7. The summed E-state index contributed by atoms with van der Waals surface area (Å²) in [5.41, 5.74) is 4.81. The number of benzene rings is 2. The Kier molecular flexibility index (Phi) is 7.45. The highest BCUT2D eigenvalue weighted by molar-refractivity contribution is 5.80. The van der Waals surface area contributed by atoms with E-state index in [-0.39, 0.29) is 12.0 Å². The molecule has 0 radical (unpaired) electrons. The minimum absolute atomic E-state index is 0.0728. The van der Waals surface area contributed by atoms with Gasteiger partial charge in [0.15, 0.2) is 11.6 Å². The normalized spacial score (nSPS) is 13.4. The van der Waals surface area contributed by atoms with Gasteiger partial charge >= 0.3 is 5.76 Å². The predicted octanol–water partition coefficient (Wildman–Crippen LogP) is 5.19. The first-order valence-electron chi connectivity index (χ1n) is 14.2. The van der Waals surface area contributed by atoms with Crippen LogP contribution in [0.1, 0.15) is 79.3 Å². The maximum atomic E-state index is 13.9. The lowest BCUT2D eigenvalue weighted by molar-refractivity contribution is 0.350. The molecule has 1 N–H and O–H groups in total. The predicted molar refractivity (Wildman–Crippen MR) is 153 cm³/mol. The average molecular weight is 553 g/mol. The summed E-state index contributed by atoms with van der Waals surface area (Å²) in [7, 11) is 0. The second-order valence-corrected chi connectivity index (χ2v) is 10.6. The molecule has 0 atom stereocenters. The van der Waals surface area contributed by atoms with Crippen LogP contribution in [-0.4, -0.2) is 29.8 Å². The van der Waals surface area contributed by atoms with Crippen molar-refractivity contribution in [2.45, 2.75) is 71.3 Å². The van der Waals surface area contributed by atoms with Gasteiger partial charge in [-0.1, -0.05) is 78.6 Å². The average Bonchev–Trinajstić information content (AvgIpc) is 3.60.